The number of hydrogen-bond donors (Lipinski definition) is 1. The molecule has 64 valence electrons. The molecule has 0 spiro atoms. The highest BCUT2D eigenvalue weighted by Gasteiger charge is 2.17. The molecule has 1 N–H and O–H groups in total. The van der Waals surface area contributed by atoms with Crippen LogP contribution in [-0.2, 0) is 6.42 Å². The third-order valence-electron chi connectivity index (χ3n) is 2.18. The van der Waals surface area contributed by atoms with Crippen LogP contribution in [0.4, 0.5) is 0 Å². The predicted octanol–water partition coefficient (Wildman–Crippen LogP) is 0.547. The largest absolute Gasteiger partial charge is 0.316 e. The summed E-state index contributed by atoms with van der Waals surface area (Å²) in [6.45, 7) is 4.25. The number of nitrogens with one attached hydrogen (secondary N) is 1. The van der Waals surface area contributed by atoms with Gasteiger partial charge in [-0.1, -0.05) is 0 Å². The van der Waals surface area contributed by atoms with Crippen LogP contribution in [0.15, 0.2) is 12.3 Å². The molecule has 1 aliphatic rings. The van der Waals surface area contributed by atoms with Crippen LogP contribution in [0, 0.1) is 12.8 Å². The Hall–Kier alpha value is -0.960. The summed E-state index contributed by atoms with van der Waals surface area (Å²) in [7, 11) is 0. The molecule has 0 saturated carbocycles. The Morgan fingerprint density at radius 2 is 2.42 bits per heavy atom. The minimum absolute atomic E-state index is 0.756. The average Bonchev–Trinajstić information content (AvgIpc) is 1.97. The first kappa shape index (κ1) is 7.68. The lowest BCUT2D eigenvalue weighted by Crippen LogP contribution is -2.43. The van der Waals surface area contributed by atoms with Crippen LogP contribution >= 0.6 is 0 Å². The molecule has 0 amide bonds. The maximum Gasteiger partial charge on any atom is 0.128 e. The van der Waals surface area contributed by atoms with E-state index < -0.39 is 0 Å². The molecule has 1 aliphatic heterocycles. The zero-order valence-electron chi connectivity index (χ0n) is 7.25. The molecule has 1 saturated heterocycles. The topological polar surface area (TPSA) is 37.8 Å². The summed E-state index contributed by atoms with van der Waals surface area (Å²) in [6, 6.07) is 1.93. The molecule has 0 atom stereocenters. The Balaban J connectivity index is 2.02. The van der Waals surface area contributed by atoms with E-state index in [-0.39, 0.29) is 0 Å². The van der Waals surface area contributed by atoms with Gasteiger partial charge in [-0.05, 0) is 32.0 Å². The van der Waals surface area contributed by atoms with E-state index >= 15 is 0 Å². The van der Waals surface area contributed by atoms with Crippen LogP contribution in [0.5, 0.6) is 0 Å². The van der Waals surface area contributed by atoms with E-state index in [2.05, 4.69) is 15.3 Å². The third kappa shape index (κ3) is 1.61. The van der Waals surface area contributed by atoms with Gasteiger partial charge in [-0.3, -0.25) is 0 Å². The number of nitrogens with zero attached hydrogens (tertiary/aromatic N) is 2. The van der Waals surface area contributed by atoms with Gasteiger partial charge >= 0.3 is 0 Å². The van der Waals surface area contributed by atoms with Crippen molar-refractivity contribution in [2.45, 2.75) is 13.3 Å². The van der Waals surface area contributed by atoms with Crippen molar-refractivity contribution < 1.29 is 0 Å². The lowest BCUT2D eigenvalue weighted by atomic mass is 9.99. The fraction of sp³-hybridized carbons (Fsp3) is 0.556. The van der Waals surface area contributed by atoms with Gasteiger partial charge in [-0.2, -0.15) is 0 Å². The summed E-state index contributed by atoms with van der Waals surface area (Å²) in [5.41, 5.74) is 1.06. The zero-order chi connectivity index (χ0) is 8.39. The molecule has 2 heterocycles. The van der Waals surface area contributed by atoms with Gasteiger partial charge < -0.3 is 5.32 Å². The molecule has 1 aromatic heterocycles. The van der Waals surface area contributed by atoms with Crippen LogP contribution < -0.4 is 5.32 Å². The summed E-state index contributed by atoms with van der Waals surface area (Å²) in [5.74, 6) is 1.74. The van der Waals surface area contributed by atoms with Crippen molar-refractivity contribution in [2.24, 2.45) is 5.92 Å². The van der Waals surface area contributed by atoms with Crippen molar-refractivity contribution >= 4 is 0 Å². The van der Waals surface area contributed by atoms with E-state index in [1.807, 2.05) is 19.2 Å². The Morgan fingerprint density at radius 3 is 3.00 bits per heavy atom. The van der Waals surface area contributed by atoms with Crippen LogP contribution in [0.3, 0.4) is 0 Å². The van der Waals surface area contributed by atoms with Crippen LogP contribution in [-0.4, -0.2) is 23.1 Å². The van der Waals surface area contributed by atoms with E-state index in [1.54, 1.807) is 0 Å². The van der Waals surface area contributed by atoms with Crippen molar-refractivity contribution in [2.75, 3.05) is 13.1 Å². The Morgan fingerprint density at radius 1 is 1.58 bits per heavy atom. The lowest BCUT2D eigenvalue weighted by Gasteiger charge is -2.26. The molecule has 1 fully saturated rings. The van der Waals surface area contributed by atoms with Gasteiger partial charge in [0.1, 0.15) is 5.82 Å². The zero-order valence-corrected chi connectivity index (χ0v) is 7.25. The second kappa shape index (κ2) is 3.19. The molecule has 0 aliphatic carbocycles. The fourth-order valence-electron chi connectivity index (χ4n) is 1.35. The summed E-state index contributed by atoms with van der Waals surface area (Å²) in [5, 5.41) is 3.24. The highest BCUT2D eigenvalue weighted by Crippen LogP contribution is 2.08. The van der Waals surface area contributed by atoms with Gasteiger partial charge in [0.2, 0.25) is 0 Å². The quantitative estimate of drug-likeness (QED) is 0.691. The molecule has 1 aromatic rings. The maximum absolute atomic E-state index is 4.36. The minimum Gasteiger partial charge on any atom is -0.316 e. The second-order valence-corrected chi connectivity index (χ2v) is 3.34. The maximum atomic E-state index is 4.36. The van der Waals surface area contributed by atoms with Crippen molar-refractivity contribution in [1.29, 1.82) is 0 Å². The van der Waals surface area contributed by atoms with Gasteiger partial charge in [0, 0.05) is 18.3 Å². The third-order valence-corrected chi connectivity index (χ3v) is 2.18. The van der Waals surface area contributed by atoms with Crippen LogP contribution in [0.1, 0.15) is 11.5 Å². The molecular weight excluding hydrogens is 150 g/mol. The molecule has 2 rings (SSSR count). The van der Waals surface area contributed by atoms with Crippen molar-refractivity contribution in [3.8, 4) is 0 Å². The summed E-state index contributed by atoms with van der Waals surface area (Å²) in [6.07, 6.45) is 2.86. The first-order valence-electron chi connectivity index (χ1n) is 4.34. The number of aromatic nitrogens is 2. The average molecular weight is 163 g/mol. The minimum atomic E-state index is 0.756. The van der Waals surface area contributed by atoms with Crippen LogP contribution in [0.25, 0.3) is 0 Å². The Kier molecular flexibility index (Phi) is 2.04. The number of hydrogen-bond acceptors (Lipinski definition) is 3. The molecular formula is C9H13N3. The van der Waals surface area contributed by atoms with E-state index in [0.717, 1.165) is 36.9 Å². The van der Waals surface area contributed by atoms with E-state index in [1.165, 1.54) is 0 Å². The molecule has 12 heavy (non-hydrogen) atoms. The van der Waals surface area contributed by atoms with E-state index in [0.29, 0.717) is 0 Å². The summed E-state index contributed by atoms with van der Waals surface area (Å²) >= 11 is 0. The fourth-order valence-corrected chi connectivity index (χ4v) is 1.35. The molecule has 0 radical (unpaired) electrons. The van der Waals surface area contributed by atoms with Gasteiger partial charge in [-0.25, -0.2) is 9.97 Å². The summed E-state index contributed by atoms with van der Waals surface area (Å²) < 4.78 is 0. The number of rotatable bonds is 2. The SMILES string of the molecule is Cc1ccnc(CC2CNC2)n1. The second-order valence-electron chi connectivity index (χ2n) is 3.34. The Bertz CT molecular complexity index is 268. The van der Waals surface area contributed by atoms with Gasteiger partial charge in [-0.15, -0.1) is 0 Å². The van der Waals surface area contributed by atoms with Crippen molar-refractivity contribution in [3.05, 3.63) is 23.8 Å². The monoisotopic (exact) mass is 163 g/mol. The first-order valence-corrected chi connectivity index (χ1v) is 4.34. The molecule has 0 aromatic carbocycles. The lowest BCUT2D eigenvalue weighted by molar-refractivity contribution is 0.341. The highest BCUT2D eigenvalue weighted by atomic mass is 15.0. The standard InChI is InChI=1S/C9H13N3/c1-7-2-3-11-9(12-7)4-8-5-10-6-8/h2-3,8,10H,4-6H2,1H3. The van der Waals surface area contributed by atoms with Crippen molar-refractivity contribution in [3.63, 3.8) is 0 Å². The molecule has 3 nitrogen and oxygen atoms in total. The first-order chi connectivity index (χ1) is 5.84. The van der Waals surface area contributed by atoms with Crippen LogP contribution in [0.2, 0.25) is 0 Å². The van der Waals surface area contributed by atoms with Gasteiger partial charge in [0.15, 0.2) is 0 Å². The highest BCUT2D eigenvalue weighted by molar-refractivity contribution is 5.01. The smallest absolute Gasteiger partial charge is 0.128 e. The molecule has 0 bridgehead atoms. The Labute approximate surface area is 72.2 Å². The normalized spacial score (nSPS) is 17.4. The molecule has 0 unspecified atom stereocenters. The predicted molar refractivity (Wildman–Crippen MR) is 46.8 cm³/mol. The van der Waals surface area contributed by atoms with Crippen molar-refractivity contribution in [1.82, 2.24) is 15.3 Å². The van der Waals surface area contributed by atoms with E-state index in [4.69, 9.17) is 0 Å². The number of aryl methyl sites for hydroxylation is 1. The molecule has 3 heteroatoms. The summed E-state index contributed by atoms with van der Waals surface area (Å²) in [4.78, 5) is 8.58. The van der Waals surface area contributed by atoms with Gasteiger partial charge in [0.05, 0.1) is 0 Å². The van der Waals surface area contributed by atoms with Gasteiger partial charge in [0.25, 0.3) is 0 Å². The van der Waals surface area contributed by atoms with E-state index in [9.17, 15) is 0 Å².